The predicted octanol–water partition coefficient (Wildman–Crippen LogP) is -1.34. The second kappa shape index (κ2) is 4.53. The van der Waals surface area contributed by atoms with Crippen LogP contribution in [0, 0.1) is 0 Å². The molecule has 8 heteroatoms. The molecule has 1 rings (SSSR count). The van der Waals surface area contributed by atoms with Gasteiger partial charge in [-0.3, -0.25) is 4.79 Å². The fourth-order valence-electron chi connectivity index (χ4n) is 0.901. The number of aliphatic carboxylic acids is 1. The van der Waals surface area contributed by atoms with E-state index in [-0.39, 0.29) is 0 Å². The number of hydrogen-bond donors (Lipinski definition) is 4. The van der Waals surface area contributed by atoms with Gasteiger partial charge in [-0.15, -0.1) is 4.73 Å². The third-order valence-corrected chi connectivity index (χ3v) is 1.69. The molecule has 0 amide bonds. The van der Waals surface area contributed by atoms with E-state index < -0.39 is 36.2 Å². The molecule has 0 saturated heterocycles. The van der Waals surface area contributed by atoms with E-state index in [1.807, 2.05) is 0 Å². The van der Waals surface area contributed by atoms with Gasteiger partial charge in [-0.1, -0.05) is 0 Å². The molecule has 0 aliphatic heterocycles. The summed E-state index contributed by atoms with van der Waals surface area (Å²) < 4.78 is 0.455. The van der Waals surface area contributed by atoms with Crippen LogP contribution < -0.4 is 10.6 Å². The standard InChI is InChI=1S/C8H10N2O6/c9-4(8(14)15)3-7(13)16-10-5(11)1-2-6(10)12/h1-2,4,11-12H,3,9H2,(H,14,15). The SMILES string of the molecule is NC(CC(=O)On1c(O)ccc1O)C(=O)O. The lowest BCUT2D eigenvalue weighted by atomic mass is 10.2. The first-order valence-corrected chi connectivity index (χ1v) is 4.21. The number of carbonyl (C=O) groups excluding carboxylic acids is 1. The highest BCUT2D eigenvalue weighted by atomic mass is 16.7. The van der Waals surface area contributed by atoms with E-state index in [4.69, 9.17) is 21.1 Å². The first-order chi connectivity index (χ1) is 7.41. The number of nitrogens with zero attached hydrogens (tertiary/aromatic N) is 1. The number of aromatic hydroxyl groups is 2. The summed E-state index contributed by atoms with van der Waals surface area (Å²) in [5.41, 5.74) is 5.09. The lowest BCUT2D eigenvalue weighted by Gasteiger charge is -2.08. The molecule has 0 saturated carbocycles. The Balaban J connectivity index is 2.62. The topological polar surface area (TPSA) is 135 Å². The zero-order chi connectivity index (χ0) is 12.3. The molecule has 0 aliphatic carbocycles. The van der Waals surface area contributed by atoms with Crippen molar-refractivity contribution in [2.75, 3.05) is 0 Å². The van der Waals surface area contributed by atoms with Crippen molar-refractivity contribution in [2.24, 2.45) is 5.73 Å². The molecule has 5 N–H and O–H groups in total. The molecular formula is C8H10N2O6. The quantitative estimate of drug-likeness (QED) is 0.502. The van der Waals surface area contributed by atoms with Gasteiger partial charge in [0.15, 0.2) is 0 Å². The second-order valence-corrected chi connectivity index (χ2v) is 2.96. The van der Waals surface area contributed by atoms with Crippen LogP contribution in [0.2, 0.25) is 0 Å². The van der Waals surface area contributed by atoms with Gasteiger partial charge in [0.2, 0.25) is 11.8 Å². The minimum Gasteiger partial charge on any atom is -0.492 e. The molecule has 8 nitrogen and oxygen atoms in total. The average molecular weight is 230 g/mol. The lowest BCUT2D eigenvalue weighted by Crippen LogP contribution is -2.35. The Morgan fingerprint density at radius 2 is 1.88 bits per heavy atom. The van der Waals surface area contributed by atoms with E-state index in [0.717, 1.165) is 12.1 Å². The minimum atomic E-state index is -1.40. The van der Waals surface area contributed by atoms with Crippen LogP contribution >= 0.6 is 0 Å². The fourth-order valence-corrected chi connectivity index (χ4v) is 0.901. The Hall–Kier alpha value is -2.22. The van der Waals surface area contributed by atoms with Crippen LogP contribution in [-0.4, -0.2) is 38.0 Å². The van der Waals surface area contributed by atoms with Crippen LogP contribution in [0.4, 0.5) is 0 Å². The lowest BCUT2D eigenvalue weighted by molar-refractivity contribution is -0.150. The number of carboxylic acid groups (broad SMARTS) is 1. The maximum atomic E-state index is 11.1. The van der Waals surface area contributed by atoms with E-state index in [1.54, 1.807) is 0 Å². The van der Waals surface area contributed by atoms with Gasteiger partial charge in [0.1, 0.15) is 6.04 Å². The van der Waals surface area contributed by atoms with Crippen molar-refractivity contribution in [3.8, 4) is 11.8 Å². The van der Waals surface area contributed by atoms with Gasteiger partial charge < -0.3 is 25.9 Å². The maximum Gasteiger partial charge on any atom is 0.335 e. The highest BCUT2D eigenvalue weighted by Crippen LogP contribution is 2.18. The zero-order valence-electron chi connectivity index (χ0n) is 8.03. The molecule has 1 aromatic rings. The summed E-state index contributed by atoms with van der Waals surface area (Å²) in [6, 6.07) is 0.798. The Bertz CT molecular complexity index is 393. The van der Waals surface area contributed by atoms with Gasteiger partial charge >= 0.3 is 11.9 Å². The Labute approximate surface area is 89.4 Å². The van der Waals surface area contributed by atoms with E-state index in [1.165, 1.54) is 0 Å². The van der Waals surface area contributed by atoms with Gasteiger partial charge in [0, 0.05) is 12.1 Å². The van der Waals surface area contributed by atoms with Crippen molar-refractivity contribution in [1.82, 2.24) is 4.73 Å². The number of carboxylic acids is 1. The maximum absolute atomic E-state index is 11.1. The molecule has 0 aromatic carbocycles. The molecule has 16 heavy (non-hydrogen) atoms. The molecule has 88 valence electrons. The van der Waals surface area contributed by atoms with Crippen molar-refractivity contribution in [3.63, 3.8) is 0 Å². The summed E-state index contributed by atoms with van der Waals surface area (Å²) in [5.74, 6) is -3.32. The monoisotopic (exact) mass is 230 g/mol. The van der Waals surface area contributed by atoms with Crippen LogP contribution in [0.25, 0.3) is 0 Å². The predicted molar refractivity (Wildman–Crippen MR) is 49.6 cm³/mol. The second-order valence-electron chi connectivity index (χ2n) is 2.96. The van der Waals surface area contributed by atoms with E-state index in [0.29, 0.717) is 4.73 Å². The third kappa shape index (κ3) is 2.64. The Morgan fingerprint density at radius 3 is 2.31 bits per heavy atom. The van der Waals surface area contributed by atoms with Gasteiger partial charge in [0.05, 0.1) is 6.42 Å². The molecule has 0 radical (unpaired) electrons. The summed E-state index contributed by atoms with van der Waals surface area (Å²) in [4.78, 5) is 25.9. The summed E-state index contributed by atoms with van der Waals surface area (Å²) in [5, 5.41) is 26.6. The molecule has 1 heterocycles. The van der Waals surface area contributed by atoms with Crippen molar-refractivity contribution in [2.45, 2.75) is 12.5 Å². The number of hydrogen-bond acceptors (Lipinski definition) is 6. The average Bonchev–Trinajstić information content (AvgIpc) is 2.49. The molecular weight excluding hydrogens is 220 g/mol. The molecule has 0 aliphatic rings. The Kier molecular flexibility index (Phi) is 3.36. The van der Waals surface area contributed by atoms with E-state index >= 15 is 0 Å². The highest BCUT2D eigenvalue weighted by Gasteiger charge is 2.19. The summed E-state index contributed by atoms with van der Waals surface area (Å²) in [7, 11) is 0. The number of rotatable bonds is 4. The summed E-state index contributed by atoms with van der Waals surface area (Å²) in [6.07, 6.45) is -0.577. The van der Waals surface area contributed by atoms with Gasteiger partial charge in [-0.25, -0.2) is 4.79 Å². The van der Waals surface area contributed by atoms with Gasteiger partial charge in [-0.2, -0.15) is 0 Å². The van der Waals surface area contributed by atoms with Crippen LogP contribution in [-0.2, 0) is 9.59 Å². The number of nitrogens with two attached hydrogens (primary N) is 1. The van der Waals surface area contributed by atoms with Crippen LogP contribution in [0.3, 0.4) is 0 Å². The molecule has 0 bridgehead atoms. The highest BCUT2D eigenvalue weighted by molar-refractivity contribution is 5.81. The summed E-state index contributed by atoms with van der Waals surface area (Å²) >= 11 is 0. The normalized spacial score (nSPS) is 12.1. The Morgan fingerprint density at radius 1 is 1.38 bits per heavy atom. The molecule has 0 fully saturated rings. The summed E-state index contributed by atoms with van der Waals surface area (Å²) in [6.45, 7) is 0. The van der Waals surface area contributed by atoms with Gasteiger partial charge in [0.25, 0.3) is 0 Å². The van der Waals surface area contributed by atoms with Crippen molar-refractivity contribution in [1.29, 1.82) is 0 Å². The fraction of sp³-hybridized carbons (Fsp3) is 0.250. The smallest absolute Gasteiger partial charge is 0.335 e. The van der Waals surface area contributed by atoms with Crippen molar-refractivity contribution >= 4 is 11.9 Å². The molecule has 1 unspecified atom stereocenters. The van der Waals surface area contributed by atoms with E-state index in [2.05, 4.69) is 4.84 Å². The first kappa shape index (κ1) is 11.9. The number of carbonyl (C=O) groups is 2. The van der Waals surface area contributed by atoms with Crippen molar-refractivity contribution in [3.05, 3.63) is 12.1 Å². The number of aromatic nitrogens is 1. The van der Waals surface area contributed by atoms with Crippen LogP contribution in [0.1, 0.15) is 6.42 Å². The van der Waals surface area contributed by atoms with Crippen LogP contribution in [0.15, 0.2) is 12.1 Å². The van der Waals surface area contributed by atoms with Gasteiger partial charge in [-0.05, 0) is 0 Å². The van der Waals surface area contributed by atoms with Crippen LogP contribution in [0.5, 0.6) is 11.8 Å². The van der Waals surface area contributed by atoms with Crippen molar-refractivity contribution < 1.29 is 29.7 Å². The minimum absolute atomic E-state index is 0.455. The molecule has 0 spiro atoms. The molecule has 1 atom stereocenters. The largest absolute Gasteiger partial charge is 0.492 e. The molecule has 1 aromatic heterocycles. The third-order valence-electron chi connectivity index (χ3n) is 1.69. The first-order valence-electron chi connectivity index (χ1n) is 4.21. The zero-order valence-corrected chi connectivity index (χ0v) is 8.03. The van der Waals surface area contributed by atoms with E-state index in [9.17, 15) is 9.59 Å².